The first-order valence-corrected chi connectivity index (χ1v) is 6.49. The monoisotopic (exact) mass is 243 g/mol. The molecular formula is C15H17NO2. The molecular weight excluding hydrogens is 226 g/mol. The van der Waals surface area contributed by atoms with Crippen LogP contribution in [0.5, 0.6) is 5.75 Å². The molecule has 0 spiro atoms. The van der Waals surface area contributed by atoms with E-state index in [-0.39, 0.29) is 11.7 Å². The van der Waals surface area contributed by atoms with Gasteiger partial charge in [-0.3, -0.25) is 4.79 Å². The number of benzene rings is 1. The zero-order valence-electron chi connectivity index (χ0n) is 10.5. The lowest BCUT2D eigenvalue weighted by Gasteiger charge is -2.06. The second-order valence-corrected chi connectivity index (χ2v) is 4.93. The summed E-state index contributed by atoms with van der Waals surface area (Å²) in [5, 5.41) is 0.978. The number of H-pyrrole nitrogens is 1. The Morgan fingerprint density at radius 2 is 2.11 bits per heavy atom. The van der Waals surface area contributed by atoms with Crippen LogP contribution in [0.3, 0.4) is 0 Å². The molecule has 94 valence electrons. The van der Waals surface area contributed by atoms with E-state index in [1.54, 1.807) is 7.11 Å². The highest BCUT2D eigenvalue weighted by atomic mass is 16.5. The molecule has 0 amide bonds. The number of rotatable bonds is 3. The van der Waals surface area contributed by atoms with E-state index in [2.05, 4.69) is 4.98 Å². The Labute approximate surface area is 106 Å². The number of methoxy groups -OCH3 is 1. The molecule has 0 atom stereocenters. The van der Waals surface area contributed by atoms with Crippen molar-refractivity contribution in [1.29, 1.82) is 0 Å². The molecule has 18 heavy (non-hydrogen) atoms. The van der Waals surface area contributed by atoms with Gasteiger partial charge in [0.25, 0.3) is 0 Å². The molecule has 1 aromatic heterocycles. The van der Waals surface area contributed by atoms with Gasteiger partial charge >= 0.3 is 0 Å². The minimum atomic E-state index is 0.218. The Morgan fingerprint density at radius 1 is 1.33 bits per heavy atom. The first-order chi connectivity index (χ1) is 8.81. The average molecular weight is 243 g/mol. The number of nitrogens with one attached hydrogen (secondary N) is 1. The smallest absolute Gasteiger partial charge is 0.168 e. The van der Waals surface area contributed by atoms with Crippen LogP contribution in [-0.4, -0.2) is 17.9 Å². The van der Waals surface area contributed by atoms with Crippen LogP contribution in [0.15, 0.2) is 24.4 Å². The fourth-order valence-electron chi connectivity index (χ4n) is 2.91. The van der Waals surface area contributed by atoms with Crippen molar-refractivity contribution in [1.82, 2.24) is 4.98 Å². The van der Waals surface area contributed by atoms with Crippen LogP contribution in [0.1, 0.15) is 36.0 Å². The van der Waals surface area contributed by atoms with Gasteiger partial charge in [0.05, 0.1) is 12.6 Å². The minimum Gasteiger partial charge on any atom is -0.495 e. The molecule has 0 bridgehead atoms. The van der Waals surface area contributed by atoms with Crippen LogP contribution in [0, 0.1) is 5.92 Å². The molecule has 3 rings (SSSR count). The second-order valence-electron chi connectivity index (χ2n) is 4.93. The summed E-state index contributed by atoms with van der Waals surface area (Å²) in [5.41, 5.74) is 1.73. The Balaban J connectivity index is 2.04. The fourth-order valence-corrected chi connectivity index (χ4v) is 2.91. The third kappa shape index (κ3) is 1.70. The van der Waals surface area contributed by atoms with Gasteiger partial charge in [-0.05, 0) is 18.9 Å². The molecule has 0 unspecified atom stereocenters. The number of fused-ring (bicyclic) bond motifs is 1. The van der Waals surface area contributed by atoms with Crippen molar-refractivity contribution in [2.75, 3.05) is 7.11 Å². The Kier molecular flexibility index (Phi) is 2.82. The van der Waals surface area contributed by atoms with Crippen LogP contribution in [-0.2, 0) is 0 Å². The van der Waals surface area contributed by atoms with Crippen LogP contribution in [0.2, 0.25) is 0 Å². The number of Topliss-reactive ketones (excluding diaryl/α,β-unsaturated/α-hetero) is 1. The van der Waals surface area contributed by atoms with Crippen LogP contribution in [0.25, 0.3) is 10.9 Å². The molecule has 3 heteroatoms. The molecule has 1 saturated carbocycles. The first-order valence-electron chi connectivity index (χ1n) is 6.49. The van der Waals surface area contributed by atoms with Gasteiger partial charge in [-0.15, -0.1) is 0 Å². The molecule has 0 radical (unpaired) electrons. The Bertz CT molecular complexity index is 579. The van der Waals surface area contributed by atoms with Crippen molar-refractivity contribution < 1.29 is 9.53 Å². The summed E-state index contributed by atoms with van der Waals surface area (Å²) in [7, 11) is 1.65. The minimum absolute atomic E-state index is 0.218. The summed E-state index contributed by atoms with van der Waals surface area (Å²) in [6.45, 7) is 0. The first kappa shape index (κ1) is 11.3. The number of carbonyl (C=O) groups excluding carboxylic acids is 1. The molecule has 1 fully saturated rings. The van der Waals surface area contributed by atoms with Gasteiger partial charge in [-0.1, -0.05) is 25.0 Å². The largest absolute Gasteiger partial charge is 0.495 e. The lowest BCUT2D eigenvalue weighted by molar-refractivity contribution is 0.0924. The number of carbonyl (C=O) groups is 1. The van der Waals surface area contributed by atoms with E-state index in [4.69, 9.17) is 4.74 Å². The Morgan fingerprint density at radius 3 is 2.83 bits per heavy atom. The number of aromatic amines is 1. The molecule has 1 aliphatic rings. The number of hydrogen-bond acceptors (Lipinski definition) is 2. The van der Waals surface area contributed by atoms with Crippen LogP contribution in [0.4, 0.5) is 0 Å². The van der Waals surface area contributed by atoms with Gasteiger partial charge in [0.2, 0.25) is 0 Å². The molecule has 0 saturated heterocycles. The van der Waals surface area contributed by atoms with E-state index in [9.17, 15) is 4.79 Å². The SMILES string of the molecule is COc1cccc2c(C(=O)C3CCCC3)c[nH]c12. The second kappa shape index (κ2) is 4.48. The standard InChI is InChI=1S/C15H17NO2/c1-18-13-8-4-7-11-12(9-16-14(11)13)15(17)10-5-2-3-6-10/h4,7-10,16H,2-3,5-6H2,1H3. The summed E-state index contributed by atoms with van der Waals surface area (Å²) in [4.78, 5) is 15.6. The number of para-hydroxylation sites is 1. The quantitative estimate of drug-likeness (QED) is 0.838. The molecule has 1 heterocycles. The van der Waals surface area contributed by atoms with Gasteiger partial charge in [0.1, 0.15) is 5.75 Å². The number of ketones is 1. The van der Waals surface area contributed by atoms with Crippen molar-refractivity contribution in [3.8, 4) is 5.75 Å². The average Bonchev–Trinajstić information content (AvgIpc) is 3.06. The van der Waals surface area contributed by atoms with Gasteiger partial charge < -0.3 is 9.72 Å². The van der Waals surface area contributed by atoms with E-state index in [1.807, 2.05) is 24.4 Å². The van der Waals surface area contributed by atoms with Crippen molar-refractivity contribution in [2.45, 2.75) is 25.7 Å². The van der Waals surface area contributed by atoms with Crippen molar-refractivity contribution in [3.63, 3.8) is 0 Å². The number of hydrogen-bond donors (Lipinski definition) is 1. The van der Waals surface area contributed by atoms with Crippen molar-refractivity contribution in [2.24, 2.45) is 5.92 Å². The van der Waals surface area contributed by atoms with Crippen LogP contribution < -0.4 is 4.74 Å². The fraction of sp³-hybridized carbons (Fsp3) is 0.400. The molecule has 1 aliphatic carbocycles. The van der Waals surface area contributed by atoms with E-state index < -0.39 is 0 Å². The maximum absolute atomic E-state index is 12.5. The normalized spacial score (nSPS) is 16.3. The van der Waals surface area contributed by atoms with Crippen molar-refractivity contribution >= 4 is 16.7 Å². The molecule has 0 aliphatic heterocycles. The van der Waals surface area contributed by atoms with E-state index >= 15 is 0 Å². The summed E-state index contributed by atoms with van der Waals surface area (Å²) in [5.74, 6) is 1.29. The highest BCUT2D eigenvalue weighted by Crippen LogP contribution is 2.32. The number of aromatic nitrogens is 1. The molecule has 1 aromatic carbocycles. The molecule has 3 nitrogen and oxygen atoms in total. The Hall–Kier alpha value is -1.77. The summed E-state index contributed by atoms with van der Waals surface area (Å²) in [6, 6.07) is 5.82. The zero-order chi connectivity index (χ0) is 12.5. The maximum Gasteiger partial charge on any atom is 0.168 e. The summed E-state index contributed by atoms with van der Waals surface area (Å²) >= 11 is 0. The van der Waals surface area contributed by atoms with Crippen LogP contribution >= 0.6 is 0 Å². The predicted molar refractivity (Wildman–Crippen MR) is 71.1 cm³/mol. The maximum atomic E-state index is 12.5. The van der Waals surface area contributed by atoms with E-state index in [0.717, 1.165) is 35.1 Å². The third-order valence-corrected chi connectivity index (χ3v) is 3.89. The van der Waals surface area contributed by atoms with Gasteiger partial charge in [-0.25, -0.2) is 0 Å². The number of ether oxygens (including phenoxy) is 1. The molecule has 1 N–H and O–H groups in total. The highest BCUT2D eigenvalue weighted by Gasteiger charge is 2.25. The third-order valence-electron chi connectivity index (χ3n) is 3.89. The van der Waals surface area contributed by atoms with E-state index in [0.29, 0.717) is 0 Å². The highest BCUT2D eigenvalue weighted by molar-refractivity contribution is 6.10. The lowest BCUT2D eigenvalue weighted by Crippen LogP contribution is -2.10. The van der Waals surface area contributed by atoms with Gasteiger partial charge in [0, 0.05) is 23.1 Å². The van der Waals surface area contributed by atoms with Gasteiger partial charge in [-0.2, -0.15) is 0 Å². The topological polar surface area (TPSA) is 42.1 Å². The van der Waals surface area contributed by atoms with E-state index in [1.165, 1.54) is 12.8 Å². The molecule has 2 aromatic rings. The summed E-state index contributed by atoms with van der Waals surface area (Å²) < 4.78 is 5.30. The zero-order valence-corrected chi connectivity index (χ0v) is 10.5. The summed E-state index contributed by atoms with van der Waals surface area (Å²) in [6.07, 6.45) is 6.27. The van der Waals surface area contributed by atoms with Crippen molar-refractivity contribution in [3.05, 3.63) is 30.0 Å². The lowest BCUT2D eigenvalue weighted by atomic mass is 9.96. The predicted octanol–water partition coefficient (Wildman–Crippen LogP) is 3.55. The van der Waals surface area contributed by atoms with Gasteiger partial charge in [0.15, 0.2) is 5.78 Å².